The molecule has 4 heteroatoms. The molecule has 0 aliphatic carbocycles. The van der Waals surface area contributed by atoms with Crippen LogP contribution in [0.1, 0.15) is 33.9 Å². The van der Waals surface area contributed by atoms with E-state index in [0.717, 1.165) is 24.1 Å². The summed E-state index contributed by atoms with van der Waals surface area (Å²) >= 11 is 0. The molecule has 1 atom stereocenters. The number of para-hydroxylation sites is 1. The van der Waals surface area contributed by atoms with Crippen LogP contribution in [0.25, 0.3) is 0 Å². The number of methoxy groups -OCH3 is 1. The first-order valence-electron chi connectivity index (χ1n) is 8.17. The molecule has 0 fully saturated rings. The smallest absolute Gasteiger partial charge is 0.255 e. The minimum atomic E-state index is -0.108. The number of carbonyl (C=O) groups is 1. The Bertz CT molecular complexity index is 669. The van der Waals surface area contributed by atoms with Crippen LogP contribution in [-0.4, -0.2) is 38.6 Å². The molecule has 2 rings (SSSR count). The molecule has 2 aromatic carbocycles. The summed E-state index contributed by atoms with van der Waals surface area (Å²) in [6.45, 7) is 2.83. The molecule has 0 aromatic heterocycles. The molecular weight excluding hydrogens is 300 g/mol. The van der Waals surface area contributed by atoms with Crippen molar-refractivity contribution in [3.8, 4) is 5.75 Å². The van der Waals surface area contributed by atoms with Crippen LogP contribution < -0.4 is 10.1 Å². The van der Waals surface area contributed by atoms with Crippen molar-refractivity contribution >= 4 is 5.91 Å². The first-order chi connectivity index (χ1) is 11.5. The van der Waals surface area contributed by atoms with E-state index in [1.807, 2.05) is 63.5 Å². The summed E-state index contributed by atoms with van der Waals surface area (Å²) in [5.74, 6) is 0.526. The Hall–Kier alpha value is -2.33. The zero-order valence-corrected chi connectivity index (χ0v) is 14.9. The maximum absolute atomic E-state index is 12.8. The predicted molar refractivity (Wildman–Crippen MR) is 97.6 cm³/mol. The highest BCUT2D eigenvalue weighted by atomic mass is 16.5. The monoisotopic (exact) mass is 326 g/mol. The second-order valence-corrected chi connectivity index (χ2v) is 6.18. The minimum Gasteiger partial charge on any atom is -0.496 e. The second-order valence-electron chi connectivity index (χ2n) is 6.18. The van der Waals surface area contributed by atoms with Crippen LogP contribution in [0.5, 0.6) is 5.75 Å². The first kappa shape index (κ1) is 18.0. The third kappa shape index (κ3) is 4.59. The molecular formula is C20H26N2O2. The van der Waals surface area contributed by atoms with Gasteiger partial charge in [0, 0.05) is 0 Å². The molecule has 128 valence electrons. The molecule has 4 nitrogen and oxygen atoms in total. The highest BCUT2D eigenvalue weighted by molar-refractivity contribution is 5.97. The Morgan fingerprint density at radius 2 is 1.83 bits per heavy atom. The van der Waals surface area contributed by atoms with Crippen molar-refractivity contribution in [3.05, 3.63) is 65.2 Å². The van der Waals surface area contributed by atoms with E-state index in [1.54, 1.807) is 13.2 Å². The van der Waals surface area contributed by atoms with Crippen molar-refractivity contribution in [2.75, 3.05) is 27.7 Å². The van der Waals surface area contributed by atoms with Crippen LogP contribution >= 0.6 is 0 Å². The van der Waals surface area contributed by atoms with Crippen molar-refractivity contribution < 1.29 is 9.53 Å². The highest BCUT2D eigenvalue weighted by Crippen LogP contribution is 2.24. The van der Waals surface area contributed by atoms with Crippen molar-refractivity contribution in [1.29, 1.82) is 0 Å². The molecule has 1 unspecified atom stereocenters. The van der Waals surface area contributed by atoms with Gasteiger partial charge < -0.3 is 15.0 Å². The lowest BCUT2D eigenvalue weighted by molar-refractivity contribution is 0.0929. The van der Waals surface area contributed by atoms with Gasteiger partial charge >= 0.3 is 0 Å². The van der Waals surface area contributed by atoms with Gasteiger partial charge in [0.1, 0.15) is 5.75 Å². The molecule has 1 amide bonds. The van der Waals surface area contributed by atoms with Gasteiger partial charge in [0.2, 0.25) is 0 Å². The fraction of sp³-hybridized carbons (Fsp3) is 0.350. The lowest BCUT2D eigenvalue weighted by Crippen LogP contribution is -2.31. The van der Waals surface area contributed by atoms with E-state index in [0.29, 0.717) is 11.3 Å². The van der Waals surface area contributed by atoms with E-state index in [-0.39, 0.29) is 11.9 Å². The molecule has 0 saturated heterocycles. The topological polar surface area (TPSA) is 41.6 Å². The van der Waals surface area contributed by atoms with Gasteiger partial charge in [0.05, 0.1) is 18.7 Å². The fourth-order valence-corrected chi connectivity index (χ4v) is 2.73. The molecule has 0 saturated carbocycles. The van der Waals surface area contributed by atoms with Crippen molar-refractivity contribution in [2.45, 2.75) is 19.4 Å². The number of aryl methyl sites for hydroxylation is 1. The quantitative estimate of drug-likeness (QED) is 0.847. The average Bonchev–Trinajstić information content (AvgIpc) is 2.58. The summed E-state index contributed by atoms with van der Waals surface area (Å²) in [5, 5.41) is 3.16. The number of amides is 1. The zero-order valence-electron chi connectivity index (χ0n) is 14.9. The summed E-state index contributed by atoms with van der Waals surface area (Å²) in [7, 11) is 5.67. The number of nitrogens with one attached hydrogen (secondary N) is 1. The normalized spacial score (nSPS) is 12.0. The van der Waals surface area contributed by atoms with Crippen molar-refractivity contribution in [1.82, 2.24) is 10.2 Å². The molecule has 1 N–H and O–H groups in total. The van der Waals surface area contributed by atoms with Gasteiger partial charge in [-0.2, -0.15) is 0 Å². The number of nitrogens with zero attached hydrogens (tertiary/aromatic N) is 1. The van der Waals surface area contributed by atoms with E-state index < -0.39 is 0 Å². The van der Waals surface area contributed by atoms with Gasteiger partial charge in [-0.05, 0) is 51.2 Å². The van der Waals surface area contributed by atoms with Crippen molar-refractivity contribution in [2.24, 2.45) is 0 Å². The average molecular weight is 326 g/mol. The van der Waals surface area contributed by atoms with E-state index >= 15 is 0 Å². The van der Waals surface area contributed by atoms with Crippen LogP contribution in [0.15, 0.2) is 48.5 Å². The Kier molecular flexibility index (Phi) is 6.38. The van der Waals surface area contributed by atoms with Gasteiger partial charge in [-0.25, -0.2) is 0 Å². The number of benzene rings is 2. The van der Waals surface area contributed by atoms with E-state index in [1.165, 1.54) is 0 Å². The lowest BCUT2D eigenvalue weighted by atomic mass is 10.0. The number of rotatable bonds is 7. The highest BCUT2D eigenvalue weighted by Gasteiger charge is 2.19. The molecule has 0 radical (unpaired) electrons. The minimum absolute atomic E-state index is 0.0358. The molecule has 0 aliphatic rings. The largest absolute Gasteiger partial charge is 0.496 e. The molecule has 24 heavy (non-hydrogen) atoms. The van der Waals surface area contributed by atoms with Gasteiger partial charge in [0.15, 0.2) is 0 Å². The number of ether oxygens (including phenoxy) is 1. The maximum Gasteiger partial charge on any atom is 0.255 e. The number of carbonyl (C=O) groups excluding carboxylic acids is 1. The summed E-state index contributed by atoms with van der Waals surface area (Å²) in [5.41, 5.74) is 2.64. The third-order valence-corrected chi connectivity index (χ3v) is 4.03. The van der Waals surface area contributed by atoms with Gasteiger partial charge in [-0.3, -0.25) is 4.79 Å². The van der Waals surface area contributed by atoms with Gasteiger partial charge in [-0.15, -0.1) is 0 Å². The molecule has 0 heterocycles. The van der Waals surface area contributed by atoms with Crippen LogP contribution in [0, 0.1) is 6.92 Å². The predicted octanol–water partition coefficient (Wildman–Crippen LogP) is 3.43. The summed E-state index contributed by atoms with van der Waals surface area (Å²) in [4.78, 5) is 14.9. The zero-order chi connectivity index (χ0) is 17.5. The number of hydrogen-bond donors (Lipinski definition) is 1. The van der Waals surface area contributed by atoms with Crippen LogP contribution in [-0.2, 0) is 0 Å². The summed E-state index contributed by atoms with van der Waals surface area (Å²) in [6.07, 6.45) is 0.844. The van der Waals surface area contributed by atoms with Gasteiger partial charge in [0.25, 0.3) is 5.91 Å². The molecule has 2 aromatic rings. The molecule has 0 aliphatic heterocycles. The lowest BCUT2D eigenvalue weighted by Gasteiger charge is -2.22. The van der Waals surface area contributed by atoms with Crippen LogP contribution in [0.2, 0.25) is 0 Å². The van der Waals surface area contributed by atoms with E-state index in [2.05, 4.69) is 10.2 Å². The summed E-state index contributed by atoms with van der Waals surface area (Å²) in [6, 6.07) is 15.7. The Morgan fingerprint density at radius 3 is 2.46 bits per heavy atom. The van der Waals surface area contributed by atoms with Crippen LogP contribution in [0.3, 0.4) is 0 Å². The van der Waals surface area contributed by atoms with Gasteiger partial charge in [-0.1, -0.05) is 42.5 Å². The molecule has 0 bridgehead atoms. The Balaban J connectivity index is 2.23. The fourth-order valence-electron chi connectivity index (χ4n) is 2.73. The first-order valence-corrected chi connectivity index (χ1v) is 8.17. The summed E-state index contributed by atoms with van der Waals surface area (Å²) < 4.78 is 5.41. The molecule has 0 spiro atoms. The maximum atomic E-state index is 12.8. The number of hydrogen-bond acceptors (Lipinski definition) is 3. The SMILES string of the molecule is COc1c(C)cccc1C(=O)NC(CCN(C)C)c1ccccc1. The van der Waals surface area contributed by atoms with Crippen LogP contribution in [0.4, 0.5) is 0 Å². The van der Waals surface area contributed by atoms with E-state index in [9.17, 15) is 4.79 Å². The third-order valence-electron chi connectivity index (χ3n) is 4.03. The Morgan fingerprint density at radius 1 is 1.12 bits per heavy atom. The van der Waals surface area contributed by atoms with E-state index in [4.69, 9.17) is 4.74 Å². The van der Waals surface area contributed by atoms with Crippen molar-refractivity contribution in [3.63, 3.8) is 0 Å². The second kappa shape index (κ2) is 8.50. The standard InChI is InChI=1S/C20H26N2O2/c1-15-9-8-12-17(19(15)24-4)20(23)21-18(13-14-22(2)3)16-10-6-5-7-11-16/h5-12,18H,13-14H2,1-4H3,(H,21,23). The Labute approximate surface area is 144 Å².